The van der Waals surface area contributed by atoms with Crippen molar-refractivity contribution in [2.24, 2.45) is 0 Å². The highest BCUT2D eigenvalue weighted by Crippen LogP contribution is 2.36. The summed E-state index contributed by atoms with van der Waals surface area (Å²) in [5, 5.41) is 8.33. The standard InChI is InChI=1S/C34H46N4O7/c1-7-42-32(39)30-31(38(36-35-30)23-24-9-15-27(41-6)16-10-24)44-29-19-13-26(14-20-29)25-11-17-28(18-12-25)43-22-8-21-37(5)33(40)45-34(2,3)4/h9-12,15-18,26,29H,7-8,13-14,19-23H2,1-6H3. The number of methoxy groups -OCH3 is 1. The van der Waals surface area contributed by atoms with E-state index in [2.05, 4.69) is 22.4 Å². The molecule has 244 valence electrons. The lowest BCUT2D eigenvalue weighted by Gasteiger charge is -2.29. The Hall–Kier alpha value is -4.28. The zero-order valence-electron chi connectivity index (χ0n) is 27.3. The first-order valence-electron chi connectivity index (χ1n) is 15.6. The molecule has 0 aliphatic heterocycles. The van der Waals surface area contributed by atoms with Crippen LogP contribution in [0.5, 0.6) is 17.4 Å². The summed E-state index contributed by atoms with van der Waals surface area (Å²) in [4.78, 5) is 26.3. The Kier molecular flexibility index (Phi) is 11.7. The maximum atomic E-state index is 12.6. The molecule has 0 N–H and O–H groups in total. The molecular weight excluding hydrogens is 576 g/mol. The van der Waals surface area contributed by atoms with Gasteiger partial charge in [-0.15, -0.1) is 5.10 Å². The molecule has 4 rings (SSSR count). The summed E-state index contributed by atoms with van der Waals surface area (Å²) in [6, 6.07) is 15.9. The smallest absolute Gasteiger partial charge is 0.410 e. The molecule has 0 unspecified atom stereocenters. The van der Waals surface area contributed by atoms with Gasteiger partial charge in [0.25, 0.3) is 0 Å². The predicted molar refractivity (Wildman–Crippen MR) is 169 cm³/mol. The maximum absolute atomic E-state index is 12.6. The second kappa shape index (κ2) is 15.6. The van der Waals surface area contributed by atoms with Crippen LogP contribution >= 0.6 is 0 Å². The van der Waals surface area contributed by atoms with Gasteiger partial charge in [-0.05, 0) is 101 Å². The first-order chi connectivity index (χ1) is 21.6. The van der Waals surface area contributed by atoms with Crippen LogP contribution in [0.3, 0.4) is 0 Å². The van der Waals surface area contributed by atoms with Crippen LogP contribution in [0.1, 0.15) is 87.3 Å². The molecule has 0 bridgehead atoms. The predicted octanol–water partition coefficient (Wildman–Crippen LogP) is 6.25. The van der Waals surface area contributed by atoms with Gasteiger partial charge in [0, 0.05) is 13.6 Å². The highest BCUT2D eigenvalue weighted by atomic mass is 16.6. The fourth-order valence-corrected chi connectivity index (χ4v) is 5.19. The lowest BCUT2D eigenvalue weighted by molar-refractivity contribution is 0.0291. The Morgan fingerprint density at radius 2 is 1.64 bits per heavy atom. The summed E-state index contributed by atoms with van der Waals surface area (Å²) < 4.78 is 29.8. The van der Waals surface area contributed by atoms with Gasteiger partial charge in [-0.3, -0.25) is 0 Å². The minimum Gasteiger partial charge on any atom is -0.497 e. The third-order valence-corrected chi connectivity index (χ3v) is 7.57. The van der Waals surface area contributed by atoms with Crippen molar-refractivity contribution in [2.75, 3.05) is 33.9 Å². The van der Waals surface area contributed by atoms with Crippen molar-refractivity contribution in [1.82, 2.24) is 19.9 Å². The number of nitrogens with zero attached hydrogens (tertiary/aromatic N) is 4. The topological polar surface area (TPSA) is 114 Å². The normalized spacial score (nSPS) is 16.5. The van der Waals surface area contributed by atoms with Crippen molar-refractivity contribution < 1.29 is 33.3 Å². The monoisotopic (exact) mass is 622 g/mol. The molecule has 45 heavy (non-hydrogen) atoms. The summed E-state index contributed by atoms with van der Waals surface area (Å²) in [7, 11) is 3.36. The molecule has 11 heteroatoms. The van der Waals surface area contributed by atoms with Gasteiger partial charge in [0.05, 0.1) is 26.9 Å². The largest absolute Gasteiger partial charge is 0.497 e. The van der Waals surface area contributed by atoms with Gasteiger partial charge in [0.1, 0.15) is 23.2 Å². The molecule has 11 nitrogen and oxygen atoms in total. The molecule has 1 heterocycles. The van der Waals surface area contributed by atoms with E-state index in [1.54, 1.807) is 30.7 Å². The van der Waals surface area contributed by atoms with Gasteiger partial charge >= 0.3 is 12.1 Å². The molecule has 3 aromatic rings. The SMILES string of the molecule is CCOC(=O)c1nnn(Cc2ccc(OC)cc2)c1OC1CCC(c2ccc(OCCCN(C)C(=O)OC(C)(C)C)cc2)CC1. The highest BCUT2D eigenvalue weighted by molar-refractivity contribution is 5.89. The van der Waals surface area contributed by atoms with Crippen LogP contribution in [0.2, 0.25) is 0 Å². The minimum atomic E-state index is -0.542. The van der Waals surface area contributed by atoms with Crippen molar-refractivity contribution in [3.8, 4) is 17.4 Å². The molecule has 0 spiro atoms. The van der Waals surface area contributed by atoms with E-state index in [1.807, 2.05) is 57.2 Å². The third-order valence-electron chi connectivity index (χ3n) is 7.57. The molecule has 0 saturated heterocycles. The van der Waals surface area contributed by atoms with Gasteiger partial charge in [0.15, 0.2) is 0 Å². The number of amides is 1. The van der Waals surface area contributed by atoms with Crippen molar-refractivity contribution in [2.45, 2.75) is 84.0 Å². The maximum Gasteiger partial charge on any atom is 0.410 e. The van der Waals surface area contributed by atoms with Gasteiger partial charge in [-0.2, -0.15) is 0 Å². The van der Waals surface area contributed by atoms with Gasteiger partial charge in [-0.25, -0.2) is 14.3 Å². The van der Waals surface area contributed by atoms with Crippen molar-refractivity contribution in [1.29, 1.82) is 0 Å². The van der Waals surface area contributed by atoms with Crippen LogP contribution in [0, 0.1) is 0 Å². The number of benzene rings is 2. The summed E-state index contributed by atoms with van der Waals surface area (Å²) in [6.45, 7) is 9.02. The van der Waals surface area contributed by atoms with Gasteiger partial charge in [0.2, 0.25) is 11.6 Å². The molecule has 2 aromatic carbocycles. The average molecular weight is 623 g/mol. The Labute approximate surface area is 265 Å². The van der Waals surface area contributed by atoms with Crippen LogP contribution in [-0.2, 0) is 16.0 Å². The lowest BCUT2D eigenvalue weighted by atomic mass is 9.83. The molecule has 1 aromatic heterocycles. The Bertz CT molecular complexity index is 1380. The van der Waals surface area contributed by atoms with Gasteiger partial charge < -0.3 is 28.6 Å². The Morgan fingerprint density at radius 3 is 2.27 bits per heavy atom. The number of rotatable bonds is 13. The fraction of sp³-hybridized carbons (Fsp3) is 0.529. The van der Waals surface area contributed by atoms with Crippen molar-refractivity contribution in [3.63, 3.8) is 0 Å². The Balaban J connectivity index is 1.28. The molecule has 1 fully saturated rings. The van der Waals surface area contributed by atoms with E-state index >= 15 is 0 Å². The highest BCUT2D eigenvalue weighted by Gasteiger charge is 2.29. The number of hydrogen-bond acceptors (Lipinski definition) is 9. The summed E-state index contributed by atoms with van der Waals surface area (Å²) in [5.74, 6) is 1.78. The summed E-state index contributed by atoms with van der Waals surface area (Å²) in [5.41, 5.74) is 1.83. The molecule has 1 amide bonds. The zero-order valence-corrected chi connectivity index (χ0v) is 27.3. The number of ether oxygens (including phenoxy) is 5. The van der Waals surface area contributed by atoms with E-state index in [0.29, 0.717) is 37.9 Å². The summed E-state index contributed by atoms with van der Waals surface area (Å²) >= 11 is 0. The second-order valence-electron chi connectivity index (χ2n) is 12.2. The number of aromatic nitrogens is 3. The molecule has 1 aliphatic rings. The van der Waals surface area contributed by atoms with E-state index in [4.69, 9.17) is 23.7 Å². The van der Waals surface area contributed by atoms with Crippen molar-refractivity contribution >= 4 is 12.1 Å². The first kappa shape index (κ1) is 33.6. The number of esters is 1. The van der Waals surface area contributed by atoms with Crippen LogP contribution in [0.4, 0.5) is 4.79 Å². The number of hydrogen-bond donors (Lipinski definition) is 0. The number of carbonyl (C=O) groups excluding carboxylic acids is 2. The van der Waals surface area contributed by atoms with Crippen LogP contribution in [0.15, 0.2) is 48.5 Å². The van der Waals surface area contributed by atoms with Crippen molar-refractivity contribution in [3.05, 3.63) is 65.4 Å². The lowest BCUT2D eigenvalue weighted by Crippen LogP contribution is -2.35. The Morgan fingerprint density at radius 1 is 0.978 bits per heavy atom. The molecular formula is C34H46N4O7. The van der Waals surface area contributed by atoms with E-state index < -0.39 is 11.6 Å². The van der Waals surface area contributed by atoms with E-state index in [9.17, 15) is 9.59 Å². The average Bonchev–Trinajstić information content (AvgIpc) is 3.41. The van der Waals surface area contributed by atoms with Crippen LogP contribution in [-0.4, -0.2) is 77.6 Å². The minimum absolute atomic E-state index is 0.0658. The van der Waals surface area contributed by atoms with E-state index in [-0.39, 0.29) is 24.5 Å². The van der Waals surface area contributed by atoms with E-state index in [0.717, 1.165) is 42.7 Å². The van der Waals surface area contributed by atoms with E-state index in [1.165, 1.54) is 5.56 Å². The molecule has 0 radical (unpaired) electrons. The quantitative estimate of drug-likeness (QED) is 0.161. The first-order valence-corrected chi connectivity index (χ1v) is 15.6. The zero-order chi connectivity index (χ0) is 32.4. The molecule has 0 atom stereocenters. The number of carbonyl (C=O) groups is 2. The second-order valence-corrected chi connectivity index (χ2v) is 12.2. The van der Waals surface area contributed by atoms with Crippen LogP contribution in [0.25, 0.3) is 0 Å². The van der Waals surface area contributed by atoms with Gasteiger partial charge in [-0.1, -0.05) is 29.5 Å². The summed E-state index contributed by atoms with van der Waals surface area (Å²) in [6.07, 6.45) is 3.89. The third kappa shape index (κ3) is 9.86. The van der Waals surface area contributed by atoms with Crippen LogP contribution < -0.4 is 14.2 Å². The fourth-order valence-electron chi connectivity index (χ4n) is 5.19. The molecule has 1 saturated carbocycles. The molecule has 1 aliphatic carbocycles.